The van der Waals surface area contributed by atoms with Gasteiger partial charge in [0.15, 0.2) is 0 Å². The lowest BCUT2D eigenvalue weighted by Crippen LogP contribution is -2.35. The second kappa shape index (κ2) is 14.1. The highest BCUT2D eigenvalue weighted by atomic mass is 16.4. The van der Waals surface area contributed by atoms with Crippen molar-refractivity contribution < 1.29 is 24.6 Å². The third-order valence-corrected chi connectivity index (χ3v) is 6.98. The molecule has 41 heavy (non-hydrogen) atoms. The molecule has 4 aromatic carbocycles. The van der Waals surface area contributed by atoms with Crippen LogP contribution in [0.15, 0.2) is 103 Å². The number of rotatable bonds is 12. The van der Waals surface area contributed by atoms with Gasteiger partial charge in [-0.15, -0.1) is 0 Å². The van der Waals surface area contributed by atoms with Gasteiger partial charge in [-0.1, -0.05) is 96.6 Å². The van der Waals surface area contributed by atoms with E-state index in [4.69, 9.17) is 0 Å². The highest BCUT2D eigenvalue weighted by Gasteiger charge is 2.23. The van der Waals surface area contributed by atoms with Gasteiger partial charge in [0.1, 0.15) is 0 Å². The summed E-state index contributed by atoms with van der Waals surface area (Å²) < 4.78 is 0. The molecule has 0 heterocycles. The topological polar surface area (TPSA) is 107 Å². The minimum atomic E-state index is -0.981. The van der Waals surface area contributed by atoms with Gasteiger partial charge in [-0.3, -0.25) is 14.4 Å². The Kier molecular flexibility index (Phi) is 10.0. The number of amides is 2. The largest absolute Gasteiger partial charge is 0.481 e. The van der Waals surface area contributed by atoms with E-state index in [1.807, 2.05) is 61.5 Å². The van der Waals surface area contributed by atoms with Crippen molar-refractivity contribution in [3.63, 3.8) is 0 Å². The fraction of sp³-hybridized carbons (Fsp3) is 0.206. The fourth-order valence-corrected chi connectivity index (χ4v) is 4.71. The molecule has 2 amide bonds. The third kappa shape index (κ3) is 7.68. The molecule has 0 aliphatic carbocycles. The summed E-state index contributed by atoms with van der Waals surface area (Å²) in [6.45, 7) is 2.15. The average Bonchev–Trinajstić information content (AvgIpc) is 3.00. The molecule has 0 spiro atoms. The van der Waals surface area contributed by atoms with Crippen molar-refractivity contribution in [3.8, 4) is 11.1 Å². The van der Waals surface area contributed by atoms with Crippen molar-refractivity contribution in [2.75, 3.05) is 19.7 Å². The molecule has 7 nitrogen and oxygen atoms in total. The number of aliphatic hydroxyl groups is 1. The van der Waals surface area contributed by atoms with E-state index in [0.717, 1.165) is 16.7 Å². The summed E-state index contributed by atoms with van der Waals surface area (Å²) in [7, 11) is 0. The van der Waals surface area contributed by atoms with Crippen LogP contribution in [-0.4, -0.2) is 52.6 Å². The molecule has 4 rings (SSSR count). The molecule has 0 aliphatic rings. The second-order valence-corrected chi connectivity index (χ2v) is 9.88. The first-order chi connectivity index (χ1) is 19.9. The summed E-state index contributed by atoms with van der Waals surface area (Å²) in [4.78, 5) is 40.4. The average molecular weight is 551 g/mol. The Hall–Kier alpha value is -4.75. The van der Waals surface area contributed by atoms with Gasteiger partial charge in [-0.05, 0) is 47.7 Å². The molecular formula is C34H34N2O5. The SMILES string of the molecule is Cc1ccc(CCN(CCC(=O)O)C(=O)c2ccccc2-c2ccccc2C(=O)N[C@H](CO)c2ccccc2)cc1. The number of hydrogen-bond donors (Lipinski definition) is 3. The Balaban J connectivity index is 1.63. The molecule has 4 aromatic rings. The van der Waals surface area contributed by atoms with Gasteiger partial charge in [0, 0.05) is 24.2 Å². The van der Waals surface area contributed by atoms with Crippen molar-refractivity contribution in [3.05, 3.63) is 131 Å². The quantitative estimate of drug-likeness (QED) is 0.222. The summed E-state index contributed by atoms with van der Waals surface area (Å²) >= 11 is 0. The van der Waals surface area contributed by atoms with Crippen molar-refractivity contribution in [2.24, 2.45) is 0 Å². The van der Waals surface area contributed by atoms with Gasteiger partial charge in [-0.25, -0.2) is 0 Å². The molecule has 1 atom stereocenters. The van der Waals surface area contributed by atoms with Crippen LogP contribution in [0.5, 0.6) is 0 Å². The first kappa shape index (κ1) is 29.2. The smallest absolute Gasteiger partial charge is 0.305 e. The number of carbonyl (C=O) groups excluding carboxylic acids is 2. The Bertz CT molecular complexity index is 1480. The molecule has 0 radical (unpaired) electrons. The molecule has 0 aromatic heterocycles. The van der Waals surface area contributed by atoms with E-state index in [1.165, 1.54) is 0 Å². The summed E-state index contributed by atoms with van der Waals surface area (Å²) in [6.07, 6.45) is 0.400. The minimum absolute atomic E-state index is 0.0613. The number of carboxylic acids is 1. The Morgan fingerprint density at radius 2 is 1.34 bits per heavy atom. The van der Waals surface area contributed by atoms with E-state index < -0.39 is 12.0 Å². The molecule has 0 saturated heterocycles. The second-order valence-electron chi connectivity index (χ2n) is 9.88. The maximum atomic E-state index is 13.9. The maximum Gasteiger partial charge on any atom is 0.305 e. The van der Waals surface area contributed by atoms with Crippen molar-refractivity contribution >= 4 is 17.8 Å². The van der Waals surface area contributed by atoms with E-state index in [0.29, 0.717) is 35.2 Å². The van der Waals surface area contributed by atoms with Crippen LogP contribution in [0.3, 0.4) is 0 Å². The summed E-state index contributed by atoms with van der Waals surface area (Å²) in [5.74, 6) is -1.67. The lowest BCUT2D eigenvalue weighted by atomic mass is 9.94. The van der Waals surface area contributed by atoms with Crippen LogP contribution < -0.4 is 5.32 Å². The lowest BCUT2D eigenvalue weighted by molar-refractivity contribution is -0.137. The number of benzene rings is 4. The molecular weight excluding hydrogens is 516 g/mol. The van der Waals surface area contributed by atoms with Gasteiger partial charge >= 0.3 is 5.97 Å². The Morgan fingerprint density at radius 1 is 0.756 bits per heavy atom. The number of hydrogen-bond acceptors (Lipinski definition) is 4. The Morgan fingerprint density at radius 3 is 1.98 bits per heavy atom. The van der Waals surface area contributed by atoms with Gasteiger partial charge in [-0.2, -0.15) is 0 Å². The van der Waals surface area contributed by atoms with Gasteiger partial charge in [0.2, 0.25) is 0 Å². The van der Waals surface area contributed by atoms with Gasteiger partial charge < -0.3 is 20.4 Å². The van der Waals surface area contributed by atoms with E-state index in [9.17, 15) is 24.6 Å². The van der Waals surface area contributed by atoms with Crippen LogP contribution in [0.1, 0.15) is 49.9 Å². The van der Waals surface area contributed by atoms with E-state index in [2.05, 4.69) is 5.32 Å². The molecule has 0 aliphatic heterocycles. The number of nitrogens with one attached hydrogen (secondary N) is 1. The van der Waals surface area contributed by atoms with Gasteiger partial charge in [0.05, 0.1) is 19.1 Å². The maximum absolute atomic E-state index is 13.9. The number of carbonyl (C=O) groups is 3. The molecule has 3 N–H and O–H groups in total. The van der Waals surface area contributed by atoms with Crippen molar-refractivity contribution in [1.29, 1.82) is 0 Å². The highest BCUT2D eigenvalue weighted by molar-refractivity contribution is 6.06. The van der Waals surface area contributed by atoms with E-state index in [-0.39, 0.29) is 31.4 Å². The van der Waals surface area contributed by atoms with E-state index in [1.54, 1.807) is 53.4 Å². The zero-order valence-electron chi connectivity index (χ0n) is 23.0. The van der Waals surface area contributed by atoms with Crippen molar-refractivity contribution in [2.45, 2.75) is 25.8 Å². The molecule has 0 fully saturated rings. The predicted molar refractivity (Wildman–Crippen MR) is 159 cm³/mol. The number of aliphatic hydroxyl groups excluding tert-OH is 1. The first-order valence-corrected chi connectivity index (χ1v) is 13.6. The predicted octanol–water partition coefficient (Wildman–Crippen LogP) is 5.29. The third-order valence-electron chi connectivity index (χ3n) is 6.98. The number of carboxylic acid groups (broad SMARTS) is 1. The summed E-state index contributed by atoms with van der Waals surface area (Å²) in [5.41, 5.74) is 4.84. The van der Waals surface area contributed by atoms with Gasteiger partial charge in [0.25, 0.3) is 11.8 Å². The Labute approximate surface area is 240 Å². The normalized spacial score (nSPS) is 11.5. The van der Waals surface area contributed by atoms with E-state index >= 15 is 0 Å². The first-order valence-electron chi connectivity index (χ1n) is 13.6. The number of aliphatic carboxylic acids is 1. The molecule has 210 valence electrons. The lowest BCUT2D eigenvalue weighted by Gasteiger charge is -2.24. The molecule has 0 bridgehead atoms. The fourth-order valence-electron chi connectivity index (χ4n) is 4.71. The zero-order chi connectivity index (χ0) is 29.2. The monoisotopic (exact) mass is 550 g/mol. The standard InChI is InChI=1S/C34H34N2O5/c1-24-15-17-25(18-16-24)19-21-36(22-20-32(38)39)34(41)30-14-8-6-12-28(30)27-11-5-7-13-29(27)33(40)35-31(23-37)26-9-3-2-4-10-26/h2-18,31,37H,19-23H2,1H3,(H,35,40)(H,38,39)/t31-/m1/s1. The van der Waals surface area contributed by atoms with Crippen LogP contribution in [0, 0.1) is 6.92 Å². The van der Waals surface area contributed by atoms with Crippen LogP contribution in [0.4, 0.5) is 0 Å². The summed E-state index contributed by atoms with van der Waals surface area (Å²) in [6, 6.07) is 30.7. The van der Waals surface area contributed by atoms with Crippen LogP contribution in [0.2, 0.25) is 0 Å². The summed E-state index contributed by atoms with van der Waals surface area (Å²) in [5, 5.41) is 22.2. The van der Waals surface area contributed by atoms with Crippen molar-refractivity contribution in [1.82, 2.24) is 10.2 Å². The number of aryl methyl sites for hydroxylation is 1. The van der Waals surface area contributed by atoms with Crippen LogP contribution in [0.25, 0.3) is 11.1 Å². The highest BCUT2D eigenvalue weighted by Crippen LogP contribution is 2.29. The molecule has 7 heteroatoms. The minimum Gasteiger partial charge on any atom is -0.481 e. The van der Waals surface area contributed by atoms with Crippen LogP contribution in [-0.2, 0) is 11.2 Å². The molecule has 0 unspecified atom stereocenters. The van der Waals surface area contributed by atoms with Crippen LogP contribution >= 0.6 is 0 Å². The number of nitrogens with zero attached hydrogens (tertiary/aromatic N) is 1. The molecule has 0 saturated carbocycles. The zero-order valence-corrected chi connectivity index (χ0v) is 23.0.